The molecule has 7 nitrogen and oxygen atoms in total. The molecule has 0 aliphatic rings. The summed E-state index contributed by atoms with van der Waals surface area (Å²) in [5, 5.41) is 22.9. The van der Waals surface area contributed by atoms with Crippen LogP contribution in [0.2, 0.25) is 0 Å². The van der Waals surface area contributed by atoms with E-state index in [4.69, 9.17) is 4.74 Å². The van der Waals surface area contributed by atoms with Crippen molar-refractivity contribution in [3.63, 3.8) is 0 Å². The Balaban J connectivity index is 2.39. The zero-order valence-corrected chi connectivity index (χ0v) is 9.04. The number of aromatic amines is 1. The maximum atomic E-state index is 11.5. The van der Waals surface area contributed by atoms with Gasteiger partial charge in [-0.2, -0.15) is 5.21 Å². The van der Waals surface area contributed by atoms with Crippen LogP contribution in [0.3, 0.4) is 0 Å². The molecule has 2 rings (SSSR count). The molecule has 2 N–H and O–H groups in total. The summed E-state index contributed by atoms with van der Waals surface area (Å²) in [6.07, 6.45) is 0. The SMILES string of the molecule is CCOC(=O)c1cc(-c2nn[nH]n2)ccc1O. The molecule has 0 fully saturated rings. The van der Waals surface area contributed by atoms with Crippen molar-refractivity contribution in [2.45, 2.75) is 6.92 Å². The van der Waals surface area contributed by atoms with Crippen LogP contribution in [0.4, 0.5) is 0 Å². The van der Waals surface area contributed by atoms with Gasteiger partial charge in [-0.1, -0.05) is 0 Å². The first-order valence-corrected chi connectivity index (χ1v) is 4.96. The first-order chi connectivity index (χ1) is 8.22. The predicted molar refractivity (Wildman–Crippen MR) is 57.2 cm³/mol. The number of aromatic nitrogens is 4. The molecule has 1 aromatic heterocycles. The second-order valence-electron chi connectivity index (χ2n) is 3.19. The predicted octanol–water partition coefficient (Wildman–Crippen LogP) is 0.749. The van der Waals surface area contributed by atoms with Gasteiger partial charge in [0.25, 0.3) is 0 Å². The van der Waals surface area contributed by atoms with Gasteiger partial charge in [-0.05, 0) is 30.3 Å². The van der Waals surface area contributed by atoms with Gasteiger partial charge < -0.3 is 9.84 Å². The highest BCUT2D eigenvalue weighted by atomic mass is 16.5. The maximum Gasteiger partial charge on any atom is 0.341 e. The molecule has 7 heteroatoms. The number of nitrogens with zero attached hydrogens (tertiary/aromatic N) is 3. The first kappa shape index (κ1) is 11.1. The van der Waals surface area contributed by atoms with Gasteiger partial charge in [-0.25, -0.2) is 4.79 Å². The van der Waals surface area contributed by atoms with Gasteiger partial charge in [-0.3, -0.25) is 0 Å². The zero-order valence-electron chi connectivity index (χ0n) is 9.04. The smallest absolute Gasteiger partial charge is 0.341 e. The quantitative estimate of drug-likeness (QED) is 0.760. The van der Waals surface area contributed by atoms with E-state index in [-0.39, 0.29) is 17.9 Å². The van der Waals surface area contributed by atoms with Crippen molar-refractivity contribution in [3.8, 4) is 17.1 Å². The van der Waals surface area contributed by atoms with Crippen molar-refractivity contribution in [1.82, 2.24) is 20.6 Å². The van der Waals surface area contributed by atoms with Crippen LogP contribution in [0.25, 0.3) is 11.4 Å². The molecular formula is C10H10N4O3. The van der Waals surface area contributed by atoms with Gasteiger partial charge in [0.1, 0.15) is 11.3 Å². The van der Waals surface area contributed by atoms with E-state index in [2.05, 4.69) is 20.6 Å². The Hall–Kier alpha value is -2.44. The summed E-state index contributed by atoms with van der Waals surface area (Å²) in [5.74, 6) is -0.387. The lowest BCUT2D eigenvalue weighted by Crippen LogP contribution is -2.05. The molecule has 0 aliphatic heterocycles. The number of phenolic OH excluding ortho intramolecular Hbond substituents is 1. The highest BCUT2D eigenvalue weighted by molar-refractivity contribution is 5.93. The van der Waals surface area contributed by atoms with Gasteiger partial charge in [0, 0.05) is 5.56 Å². The number of esters is 1. The van der Waals surface area contributed by atoms with Crippen molar-refractivity contribution in [2.24, 2.45) is 0 Å². The number of rotatable bonds is 3. The minimum absolute atomic E-state index is 0.0779. The highest BCUT2D eigenvalue weighted by Gasteiger charge is 2.14. The van der Waals surface area contributed by atoms with Crippen molar-refractivity contribution < 1.29 is 14.6 Å². The number of aromatic hydroxyl groups is 1. The third-order valence-electron chi connectivity index (χ3n) is 2.10. The van der Waals surface area contributed by atoms with Crippen LogP contribution in [0.1, 0.15) is 17.3 Å². The molecule has 2 aromatic rings. The van der Waals surface area contributed by atoms with E-state index in [0.717, 1.165) is 0 Å². The van der Waals surface area contributed by atoms with Crippen LogP contribution in [0.5, 0.6) is 5.75 Å². The fourth-order valence-electron chi connectivity index (χ4n) is 1.33. The van der Waals surface area contributed by atoms with Crippen LogP contribution < -0.4 is 0 Å². The fourth-order valence-corrected chi connectivity index (χ4v) is 1.33. The second kappa shape index (κ2) is 4.60. The number of ether oxygens (including phenoxy) is 1. The van der Waals surface area contributed by atoms with Gasteiger partial charge in [-0.15, -0.1) is 10.2 Å². The summed E-state index contributed by atoms with van der Waals surface area (Å²) in [4.78, 5) is 11.5. The Morgan fingerprint density at radius 1 is 1.53 bits per heavy atom. The van der Waals surface area contributed by atoms with Crippen molar-refractivity contribution in [2.75, 3.05) is 6.61 Å². The number of nitrogens with one attached hydrogen (secondary N) is 1. The summed E-state index contributed by atoms with van der Waals surface area (Å²) in [7, 11) is 0. The van der Waals surface area contributed by atoms with E-state index < -0.39 is 5.97 Å². The summed E-state index contributed by atoms with van der Waals surface area (Å²) >= 11 is 0. The van der Waals surface area contributed by atoms with Crippen LogP contribution in [0, 0.1) is 0 Å². The Kier molecular flexibility index (Phi) is 2.99. The zero-order chi connectivity index (χ0) is 12.3. The maximum absolute atomic E-state index is 11.5. The monoisotopic (exact) mass is 234 g/mol. The summed E-state index contributed by atoms with van der Waals surface area (Å²) < 4.78 is 4.82. The number of hydrogen-bond donors (Lipinski definition) is 2. The lowest BCUT2D eigenvalue weighted by Gasteiger charge is -2.05. The van der Waals surface area contributed by atoms with Gasteiger partial charge in [0.15, 0.2) is 0 Å². The number of phenols is 1. The normalized spacial score (nSPS) is 10.2. The molecule has 0 amide bonds. The molecule has 0 saturated carbocycles. The number of benzene rings is 1. The Bertz CT molecular complexity index is 524. The van der Waals surface area contributed by atoms with E-state index in [1.54, 1.807) is 13.0 Å². The lowest BCUT2D eigenvalue weighted by molar-refractivity contribution is 0.0523. The largest absolute Gasteiger partial charge is 0.507 e. The minimum atomic E-state index is -0.588. The Labute approximate surface area is 96.4 Å². The average Bonchev–Trinajstić information content (AvgIpc) is 2.83. The van der Waals surface area contributed by atoms with Gasteiger partial charge in [0.05, 0.1) is 6.61 Å². The van der Waals surface area contributed by atoms with E-state index in [1.807, 2.05) is 0 Å². The molecule has 1 aromatic carbocycles. The van der Waals surface area contributed by atoms with E-state index in [9.17, 15) is 9.90 Å². The molecule has 88 valence electrons. The van der Waals surface area contributed by atoms with Gasteiger partial charge >= 0.3 is 5.97 Å². The average molecular weight is 234 g/mol. The van der Waals surface area contributed by atoms with Gasteiger partial charge in [0.2, 0.25) is 5.82 Å². The fraction of sp³-hybridized carbons (Fsp3) is 0.200. The standard InChI is InChI=1S/C10H10N4O3/c1-2-17-10(16)7-5-6(3-4-8(7)15)9-11-13-14-12-9/h3-5,15H,2H2,1H3,(H,11,12,13,14). The third-order valence-corrected chi connectivity index (χ3v) is 2.10. The molecule has 0 aliphatic carbocycles. The molecule has 0 radical (unpaired) electrons. The minimum Gasteiger partial charge on any atom is -0.507 e. The van der Waals surface area contributed by atoms with Crippen molar-refractivity contribution in [1.29, 1.82) is 0 Å². The lowest BCUT2D eigenvalue weighted by atomic mass is 10.1. The molecule has 0 saturated heterocycles. The third kappa shape index (κ3) is 2.22. The number of hydrogen-bond acceptors (Lipinski definition) is 6. The number of carbonyl (C=O) groups is 1. The Morgan fingerprint density at radius 2 is 2.35 bits per heavy atom. The summed E-state index contributed by atoms with van der Waals surface area (Å²) in [6, 6.07) is 4.43. The number of H-pyrrole nitrogens is 1. The highest BCUT2D eigenvalue weighted by Crippen LogP contribution is 2.23. The second-order valence-corrected chi connectivity index (χ2v) is 3.19. The van der Waals surface area contributed by atoms with Crippen LogP contribution in [0.15, 0.2) is 18.2 Å². The number of tetrazole rings is 1. The van der Waals surface area contributed by atoms with E-state index in [0.29, 0.717) is 11.4 Å². The molecule has 0 spiro atoms. The van der Waals surface area contributed by atoms with Crippen LogP contribution >= 0.6 is 0 Å². The van der Waals surface area contributed by atoms with Crippen LogP contribution in [-0.2, 0) is 4.74 Å². The van der Waals surface area contributed by atoms with Crippen LogP contribution in [-0.4, -0.2) is 38.3 Å². The van der Waals surface area contributed by atoms with Crippen molar-refractivity contribution in [3.05, 3.63) is 23.8 Å². The Morgan fingerprint density at radius 3 is 3.00 bits per heavy atom. The molecule has 0 bridgehead atoms. The van der Waals surface area contributed by atoms with E-state index in [1.165, 1.54) is 12.1 Å². The molecule has 1 heterocycles. The first-order valence-electron chi connectivity index (χ1n) is 4.96. The topological polar surface area (TPSA) is 101 Å². The molecule has 17 heavy (non-hydrogen) atoms. The molecular weight excluding hydrogens is 224 g/mol. The number of carbonyl (C=O) groups excluding carboxylic acids is 1. The van der Waals surface area contributed by atoms with E-state index >= 15 is 0 Å². The summed E-state index contributed by atoms with van der Waals surface area (Å²) in [5.41, 5.74) is 0.647. The molecule has 0 unspecified atom stereocenters. The van der Waals surface area contributed by atoms with Crippen molar-refractivity contribution >= 4 is 5.97 Å². The summed E-state index contributed by atoms with van der Waals surface area (Å²) in [6.45, 7) is 1.93. The molecule has 0 atom stereocenters.